The Morgan fingerprint density at radius 3 is 3.00 bits per heavy atom. The molecule has 0 saturated heterocycles. The minimum absolute atomic E-state index is 0.101. The first-order valence-corrected chi connectivity index (χ1v) is 8.91. The first-order chi connectivity index (χ1) is 9.74. The van der Waals surface area contributed by atoms with Gasteiger partial charge in [0, 0.05) is 15.1 Å². The van der Waals surface area contributed by atoms with Crippen molar-refractivity contribution in [2.24, 2.45) is 5.10 Å². The summed E-state index contributed by atoms with van der Waals surface area (Å²) in [5.74, 6) is -0.101. The first-order valence-electron chi connectivity index (χ1n) is 6.42. The van der Waals surface area contributed by atoms with Gasteiger partial charge in [0.05, 0.1) is 15.6 Å². The summed E-state index contributed by atoms with van der Waals surface area (Å²) in [6.07, 6.45) is 6.21. The summed E-state index contributed by atoms with van der Waals surface area (Å²) in [5.41, 5.74) is 4.65. The highest BCUT2D eigenvalue weighted by molar-refractivity contribution is 9.11. The minimum atomic E-state index is -0.101. The number of fused-ring (bicyclic) bond motifs is 1. The van der Waals surface area contributed by atoms with Gasteiger partial charge in [0.2, 0.25) is 0 Å². The zero-order valence-electron chi connectivity index (χ0n) is 10.7. The number of rotatable bonds is 3. The van der Waals surface area contributed by atoms with Gasteiger partial charge in [0.15, 0.2) is 0 Å². The van der Waals surface area contributed by atoms with Crippen LogP contribution in [0, 0.1) is 0 Å². The van der Waals surface area contributed by atoms with E-state index in [1.54, 1.807) is 28.9 Å². The van der Waals surface area contributed by atoms with E-state index in [2.05, 4.69) is 26.5 Å². The van der Waals surface area contributed by atoms with Crippen molar-refractivity contribution in [1.29, 1.82) is 0 Å². The van der Waals surface area contributed by atoms with Crippen LogP contribution in [0.4, 0.5) is 0 Å². The smallest absolute Gasteiger partial charge is 0.267 e. The third-order valence-corrected chi connectivity index (χ3v) is 5.90. The van der Waals surface area contributed by atoms with Gasteiger partial charge in [-0.15, -0.1) is 22.7 Å². The normalized spacial score (nSPS) is 14.4. The molecule has 2 aromatic heterocycles. The number of nitrogens with one attached hydrogen (secondary N) is 1. The maximum atomic E-state index is 12.1. The topological polar surface area (TPSA) is 41.5 Å². The summed E-state index contributed by atoms with van der Waals surface area (Å²) in [7, 11) is 0. The van der Waals surface area contributed by atoms with Gasteiger partial charge < -0.3 is 0 Å². The molecule has 0 unspecified atom stereocenters. The number of aryl methyl sites for hydroxylation is 1. The molecule has 3 nitrogen and oxygen atoms in total. The largest absolute Gasteiger partial charge is 0.272 e. The van der Waals surface area contributed by atoms with Crippen LogP contribution >= 0.6 is 38.6 Å². The number of thiophene rings is 2. The number of carbonyl (C=O) groups is 1. The van der Waals surface area contributed by atoms with Crippen molar-refractivity contribution in [3.63, 3.8) is 0 Å². The van der Waals surface area contributed by atoms with E-state index in [1.165, 1.54) is 23.3 Å². The SMILES string of the molecule is O=C(N/N=C\c1ccc(Br)s1)c1csc2c1CCCC2. The average Bonchev–Trinajstić information content (AvgIpc) is 3.05. The molecule has 1 amide bonds. The van der Waals surface area contributed by atoms with Crippen molar-refractivity contribution in [2.45, 2.75) is 25.7 Å². The Kier molecular flexibility index (Phi) is 4.33. The van der Waals surface area contributed by atoms with Crippen LogP contribution in [0.3, 0.4) is 0 Å². The first kappa shape index (κ1) is 14.0. The zero-order chi connectivity index (χ0) is 13.9. The van der Waals surface area contributed by atoms with Gasteiger partial charge in [-0.3, -0.25) is 4.79 Å². The van der Waals surface area contributed by atoms with Crippen LogP contribution in [-0.4, -0.2) is 12.1 Å². The summed E-state index contributed by atoms with van der Waals surface area (Å²) in [5, 5.41) is 5.99. The number of halogens is 1. The lowest BCUT2D eigenvalue weighted by molar-refractivity contribution is 0.0954. The Hall–Kier alpha value is -0.980. The lowest BCUT2D eigenvalue weighted by Crippen LogP contribution is -2.19. The van der Waals surface area contributed by atoms with Crippen LogP contribution in [-0.2, 0) is 12.8 Å². The maximum absolute atomic E-state index is 12.1. The molecule has 0 aliphatic heterocycles. The third kappa shape index (κ3) is 3.02. The van der Waals surface area contributed by atoms with Gasteiger partial charge in [-0.05, 0) is 59.3 Å². The molecule has 0 spiro atoms. The highest BCUT2D eigenvalue weighted by Crippen LogP contribution is 2.30. The average molecular weight is 369 g/mol. The van der Waals surface area contributed by atoms with E-state index in [1.807, 2.05) is 17.5 Å². The molecule has 3 rings (SSSR count). The fourth-order valence-corrected chi connectivity index (χ4v) is 4.72. The van der Waals surface area contributed by atoms with E-state index in [0.717, 1.165) is 27.1 Å². The van der Waals surface area contributed by atoms with Crippen molar-refractivity contribution in [1.82, 2.24) is 5.43 Å². The molecule has 0 aromatic carbocycles. The molecule has 104 valence electrons. The molecule has 1 N–H and O–H groups in total. The van der Waals surface area contributed by atoms with E-state index in [-0.39, 0.29) is 5.91 Å². The molecular formula is C14H13BrN2OS2. The summed E-state index contributed by atoms with van der Waals surface area (Å²) in [6, 6.07) is 3.92. The lowest BCUT2D eigenvalue weighted by atomic mass is 9.96. The van der Waals surface area contributed by atoms with Crippen LogP contribution < -0.4 is 5.43 Å². The number of hydrogen-bond acceptors (Lipinski definition) is 4. The molecule has 2 aromatic rings. The highest BCUT2D eigenvalue weighted by Gasteiger charge is 2.19. The molecule has 2 heterocycles. The summed E-state index contributed by atoms with van der Waals surface area (Å²) < 4.78 is 1.05. The third-order valence-electron chi connectivity index (χ3n) is 3.26. The second kappa shape index (κ2) is 6.20. The van der Waals surface area contributed by atoms with Crippen LogP contribution in [0.1, 0.15) is 38.5 Å². The second-order valence-corrected chi connectivity index (χ2v) is 8.06. The maximum Gasteiger partial charge on any atom is 0.272 e. The van der Waals surface area contributed by atoms with Gasteiger partial charge in [-0.1, -0.05) is 0 Å². The van der Waals surface area contributed by atoms with Gasteiger partial charge >= 0.3 is 0 Å². The van der Waals surface area contributed by atoms with Crippen LogP contribution in [0.15, 0.2) is 26.4 Å². The van der Waals surface area contributed by atoms with Crippen molar-refractivity contribution >= 4 is 50.7 Å². The van der Waals surface area contributed by atoms with Gasteiger partial charge in [0.1, 0.15) is 0 Å². The predicted octanol–water partition coefficient (Wildman–Crippen LogP) is 4.21. The number of carbonyl (C=O) groups excluding carboxylic acids is 1. The molecule has 0 bridgehead atoms. The Bertz CT molecular complexity index is 660. The number of hydrazone groups is 1. The zero-order valence-corrected chi connectivity index (χ0v) is 13.9. The molecule has 0 atom stereocenters. The van der Waals surface area contributed by atoms with Crippen LogP contribution in [0.25, 0.3) is 0 Å². The van der Waals surface area contributed by atoms with E-state index >= 15 is 0 Å². The number of amides is 1. The molecule has 0 saturated carbocycles. The van der Waals surface area contributed by atoms with Crippen molar-refractivity contribution in [3.8, 4) is 0 Å². The second-order valence-electron chi connectivity index (χ2n) is 4.60. The van der Waals surface area contributed by atoms with Gasteiger partial charge in [-0.2, -0.15) is 5.10 Å². The minimum Gasteiger partial charge on any atom is -0.267 e. The molecule has 6 heteroatoms. The Morgan fingerprint density at radius 2 is 2.20 bits per heavy atom. The van der Waals surface area contributed by atoms with Crippen molar-refractivity contribution < 1.29 is 4.79 Å². The van der Waals surface area contributed by atoms with Crippen LogP contribution in [0.5, 0.6) is 0 Å². The van der Waals surface area contributed by atoms with Crippen LogP contribution in [0.2, 0.25) is 0 Å². The lowest BCUT2D eigenvalue weighted by Gasteiger charge is -2.11. The summed E-state index contributed by atoms with van der Waals surface area (Å²) >= 11 is 6.67. The summed E-state index contributed by atoms with van der Waals surface area (Å²) in [6.45, 7) is 0. The monoisotopic (exact) mass is 368 g/mol. The summed E-state index contributed by atoms with van der Waals surface area (Å²) in [4.78, 5) is 14.5. The van der Waals surface area contributed by atoms with Gasteiger partial charge in [-0.25, -0.2) is 5.43 Å². The predicted molar refractivity (Wildman–Crippen MR) is 88.0 cm³/mol. The standard InChI is InChI=1S/C14H13BrN2OS2/c15-13-6-5-9(20-13)7-16-17-14(18)11-8-19-12-4-2-1-3-10(11)12/h5-8H,1-4H2,(H,17,18)/b16-7-. The fourth-order valence-electron chi connectivity index (χ4n) is 2.30. The van der Waals surface area contributed by atoms with E-state index in [4.69, 9.17) is 0 Å². The van der Waals surface area contributed by atoms with Crippen molar-refractivity contribution in [3.05, 3.63) is 42.2 Å². The van der Waals surface area contributed by atoms with E-state index < -0.39 is 0 Å². The Labute approximate surface area is 133 Å². The molecule has 0 radical (unpaired) electrons. The molecule has 20 heavy (non-hydrogen) atoms. The van der Waals surface area contributed by atoms with Crippen molar-refractivity contribution in [2.75, 3.05) is 0 Å². The van der Waals surface area contributed by atoms with Gasteiger partial charge in [0.25, 0.3) is 5.91 Å². The van der Waals surface area contributed by atoms with E-state index in [0.29, 0.717) is 0 Å². The molecule has 1 aliphatic rings. The van der Waals surface area contributed by atoms with E-state index in [9.17, 15) is 4.79 Å². The number of hydrogen-bond donors (Lipinski definition) is 1. The molecule has 1 aliphatic carbocycles. The fraction of sp³-hybridized carbons (Fsp3) is 0.286. The Balaban J connectivity index is 1.67. The number of nitrogens with zero attached hydrogens (tertiary/aromatic N) is 1. The quantitative estimate of drug-likeness (QED) is 0.639. The molecular weight excluding hydrogens is 356 g/mol. The highest BCUT2D eigenvalue weighted by atomic mass is 79.9. The molecule has 0 fully saturated rings. The Morgan fingerprint density at radius 1 is 1.35 bits per heavy atom.